The van der Waals surface area contributed by atoms with Crippen LogP contribution in [0.5, 0.6) is 0 Å². The normalized spacial score (nSPS) is 20.3. The molecule has 4 heteroatoms. The second kappa shape index (κ2) is 3.94. The third-order valence-electron chi connectivity index (χ3n) is 2.69. The number of thiophene rings is 1. The highest BCUT2D eigenvalue weighted by Gasteiger charge is 2.28. The lowest BCUT2D eigenvalue weighted by Crippen LogP contribution is -2.34. The summed E-state index contributed by atoms with van der Waals surface area (Å²) in [7, 11) is 0. The molecule has 82 valence electrons. The molecule has 2 heterocycles. The van der Waals surface area contributed by atoms with Crippen molar-refractivity contribution < 1.29 is 9.90 Å². The lowest BCUT2D eigenvalue weighted by atomic mass is 10.0. The van der Waals surface area contributed by atoms with Crippen molar-refractivity contribution >= 4 is 17.3 Å². The van der Waals surface area contributed by atoms with Crippen LogP contribution in [0, 0.1) is 0 Å². The Morgan fingerprint density at radius 1 is 1.67 bits per heavy atom. The summed E-state index contributed by atoms with van der Waals surface area (Å²) in [5.41, 5.74) is 0.974. The van der Waals surface area contributed by atoms with Crippen LogP contribution in [0.15, 0.2) is 6.07 Å². The van der Waals surface area contributed by atoms with E-state index in [1.165, 1.54) is 9.75 Å². The molecule has 15 heavy (non-hydrogen) atoms. The van der Waals surface area contributed by atoms with E-state index < -0.39 is 12.0 Å². The Balaban J connectivity index is 2.38. The minimum atomic E-state index is -0.774. The molecule has 1 aromatic rings. The summed E-state index contributed by atoms with van der Waals surface area (Å²) in [5, 5.41) is 12.1. The summed E-state index contributed by atoms with van der Waals surface area (Å²) in [5.74, 6) is -0.292. The number of aliphatic carboxylic acids is 1. The molecule has 0 spiro atoms. The monoisotopic (exact) mass is 225 g/mol. The zero-order valence-corrected chi connectivity index (χ0v) is 9.73. The molecule has 3 nitrogen and oxygen atoms in total. The van der Waals surface area contributed by atoms with Crippen molar-refractivity contribution in [2.45, 2.75) is 32.2 Å². The van der Waals surface area contributed by atoms with Gasteiger partial charge in [-0.1, -0.05) is 13.8 Å². The van der Waals surface area contributed by atoms with Crippen LogP contribution in [0.3, 0.4) is 0 Å². The van der Waals surface area contributed by atoms with Crippen LogP contribution in [0.25, 0.3) is 0 Å². The fraction of sp³-hybridized carbons (Fsp3) is 0.545. The van der Waals surface area contributed by atoms with E-state index in [-0.39, 0.29) is 0 Å². The lowest BCUT2D eigenvalue weighted by Gasteiger charge is -2.19. The van der Waals surface area contributed by atoms with Gasteiger partial charge in [-0.3, -0.25) is 4.79 Å². The minimum absolute atomic E-state index is 0.482. The molecule has 2 rings (SSSR count). The molecule has 0 saturated heterocycles. The van der Waals surface area contributed by atoms with Crippen molar-refractivity contribution in [1.82, 2.24) is 5.32 Å². The average molecular weight is 225 g/mol. The van der Waals surface area contributed by atoms with E-state index in [1.807, 2.05) is 0 Å². The molecule has 0 bridgehead atoms. The predicted molar refractivity (Wildman–Crippen MR) is 60.5 cm³/mol. The van der Waals surface area contributed by atoms with E-state index in [1.54, 1.807) is 11.3 Å². The molecule has 0 saturated carbocycles. The highest BCUT2D eigenvalue weighted by atomic mass is 32.1. The van der Waals surface area contributed by atoms with Gasteiger partial charge in [0, 0.05) is 16.3 Å². The van der Waals surface area contributed by atoms with Crippen LogP contribution >= 0.6 is 11.3 Å². The highest BCUT2D eigenvalue weighted by molar-refractivity contribution is 7.12. The van der Waals surface area contributed by atoms with E-state index >= 15 is 0 Å². The zero-order valence-electron chi connectivity index (χ0n) is 8.91. The molecule has 1 unspecified atom stereocenters. The number of carbonyl (C=O) groups is 1. The van der Waals surface area contributed by atoms with Gasteiger partial charge in [0.2, 0.25) is 0 Å². The first-order valence-corrected chi connectivity index (χ1v) is 6.00. The first kappa shape index (κ1) is 10.6. The maximum Gasteiger partial charge on any atom is 0.325 e. The third kappa shape index (κ3) is 1.92. The van der Waals surface area contributed by atoms with Crippen molar-refractivity contribution in [2.75, 3.05) is 6.54 Å². The van der Waals surface area contributed by atoms with Gasteiger partial charge < -0.3 is 10.4 Å². The summed E-state index contributed by atoms with van der Waals surface area (Å²) in [6.07, 6.45) is 0.955. The van der Waals surface area contributed by atoms with Crippen LogP contribution in [0.4, 0.5) is 0 Å². The van der Waals surface area contributed by atoms with E-state index in [0.29, 0.717) is 5.92 Å². The van der Waals surface area contributed by atoms with Gasteiger partial charge in [-0.05, 0) is 24.0 Å². The van der Waals surface area contributed by atoms with E-state index in [2.05, 4.69) is 25.2 Å². The molecule has 1 aliphatic heterocycles. The maximum absolute atomic E-state index is 11.0. The van der Waals surface area contributed by atoms with Gasteiger partial charge in [0.25, 0.3) is 0 Å². The summed E-state index contributed by atoms with van der Waals surface area (Å²) < 4.78 is 0. The Morgan fingerprint density at radius 2 is 2.40 bits per heavy atom. The van der Waals surface area contributed by atoms with Crippen molar-refractivity contribution in [3.8, 4) is 0 Å². The van der Waals surface area contributed by atoms with E-state index in [4.69, 9.17) is 5.11 Å². The molecule has 0 radical (unpaired) electrons. The van der Waals surface area contributed by atoms with Gasteiger partial charge in [-0.15, -0.1) is 11.3 Å². The number of hydrogen-bond donors (Lipinski definition) is 2. The van der Waals surface area contributed by atoms with Crippen molar-refractivity contribution in [2.24, 2.45) is 0 Å². The Morgan fingerprint density at radius 3 is 3.00 bits per heavy atom. The van der Waals surface area contributed by atoms with Crippen molar-refractivity contribution in [3.05, 3.63) is 21.4 Å². The van der Waals surface area contributed by atoms with Crippen molar-refractivity contribution in [1.29, 1.82) is 0 Å². The first-order chi connectivity index (χ1) is 7.09. The molecule has 0 aliphatic carbocycles. The molecule has 0 fully saturated rings. The Kier molecular flexibility index (Phi) is 2.80. The largest absolute Gasteiger partial charge is 0.480 e. The van der Waals surface area contributed by atoms with Crippen LogP contribution in [-0.4, -0.2) is 17.6 Å². The van der Waals surface area contributed by atoms with Crippen LogP contribution in [0.1, 0.15) is 41.1 Å². The number of fused-ring (bicyclic) bond motifs is 1. The summed E-state index contributed by atoms with van der Waals surface area (Å²) in [4.78, 5) is 13.6. The van der Waals surface area contributed by atoms with E-state index in [0.717, 1.165) is 18.5 Å². The maximum atomic E-state index is 11.0. The number of hydrogen-bond acceptors (Lipinski definition) is 3. The fourth-order valence-electron chi connectivity index (χ4n) is 1.85. The average Bonchev–Trinajstić information content (AvgIpc) is 2.60. The molecular formula is C11H15NO2S. The number of carboxylic acid groups (broad SMARTS) is 1. The number of rotatable bonds is 2. The quantitative estimate of drug-likeness (QED) is 0.810. The predicted octanol–water partition coefficient (Wildman–Crippen LogP) is 2.14. The summed E-state index contributed by atoms with van der Waals surface area (Å²) in [6, 6.07) is 1.55. The molecule has 0 aromatic carbocycles. The lowest BCUT2D eigenvalue weighted by molar-refractivity contribution is -0.139. The van der Waals surface area contributed by atoms with E-state index in [9.17, 15) is 4.79 Å². The van der Waals surface area contributed by atoms with Crippen LogP contribution in [-0.2, 0) is 11.2 Å². The van der Waals surface area contributed by atoms with Gasteiger partial charge in [-0.2, -0.15) is 0 Å². The minimum Gasteiger partial charge on any atom is -0.480 e. The molecule has 0 amide bonds. The smallest absolute Gasteiger partial charge is 0.325 e. The molecule has 2 N–H and O–H groups in total. The summed E-state index contributed by atoms with van der Waals surface area (Å²) >= 11 is 1.76. The Labute approximate surface area is 93.1 Å². The number of nitrogens with one attached hydrogen (secondary N) is 1. The standard InChI is InChI=1S/C11H15NO2S/c1-6(2)9-5-7-8(15-9)3-4-12-10(7)11(13)14/h5-6,10,12H,3-4H2,1-2H3,(H,13,14). The van der Waals surface area contributed by atoms with Gasteiger partial charge >= 0.3 is 5.97 Å². The fourth-order valence-corrected chi connectivity index (χ4v) is 3.05. The molecule has 1 aliphatic rings. The zero-order chi connectivity index (χ0) is 11.0. The second-order valence-electron chi connectivity index (χ2n) is 4.16. The highest BCUT2D eigenvalue weighted by Crippen LogP contribution is 2.34. The van der Waals surface area contributed by atoms with Gasteiger partial charge in [0.1, 0.15) is 6.04 Å². The SMILES string of the molecule is CC(C)c1cc2c(s1)CCNC2C(=O)O. The van der Waals surface area contributed by atoms with Crippen LogP contribution in [0.2, 0.25) is 0 Å². The molecular weight excluding hydrogens is 210 g/mol. The van der Waals surface area contributed by atoms with Gasteiger partial charge in [0.15, 0.2) is 0 Å². The number of carboxylic acids is 1. The summed E-state index contributed by atoms with van der Waals surface area (Å²) in [6.45, 7) is 5.04. The first-order valence-electron chi connectivity index (χ1n) is 5.18. The van der Waals surface area contributed by atoms with Crippen LogP contribution < -0.4 is 5.32 Å². The van der Waals surface area contributed by atoms with Gasteiger partial charge in [-0.25, -0.2) is 0 Å². The van der Waals surface area contributed by atoms with Gasteiger partial charge in [0.05, 0.1) is 0 Å². The topological polar surface area (TPSA) is 49.3 Å². The molecule has 1 atom stereocenters. The third-order valence-corrected chi connectivity index (χ3v) is 4.20. The van der Waals surface area contributed by atoms with Crippen molar-refractivity contribution in [3.63, 3.8) is 0 Å². The Bertz CT molecular complexity index is 384. The Hall–Kier alpha value is -0.870. The second-order valence-corrected chi connectivity index (χ2v) is 5.33. The molecule has 1 aromatic heterocycles.